The van der Waals surface area contributed by atoms with Gasteiger partial charge < -0.3 is 5.32 Å². The molecule has 0 atom stereocenters. The van der Waals surface area contributed by atoms with Gasteiger partial charge in [-0.05, 0) is 43.7 Å². The van der Waals surface area contributed by atoms with Gasteiger partial charge in [-0.15, -0.1) is 0 Å². The van der Waals surface area contributed by atoms with E-state index in [9.17, 15) is 17.6 Å². The summed E-state index contributed by atoms with van der Waals surface area (Å²) in [6.07, 6.45) is -2.01. The van der Waals surface area contributed by atoms with Crippen molar-refractivity contribution in [1.29, 1.82) is 0 Å². The van der Waals surface area contributed by atoms with Crippen LogP contribution in [0.25, 0.3) is 5.70 Å². The Labute approximate surface area is 109 Å². The molecule has 104 valence electrons. The van der Waals surface area contributed by atoms with Gasteiger partial charge in [0.2, 0.25) is 0 Å². The van der Waals surface area contributed by atoms with Crippen LogP contribution in [0.5, 0.6) is 0 Å². The van der Waals surface area contributed by atoms with E-state index in [1.165, 1.54) is 24.3 Å². The van der Waals surface area contributed by atoms with Crippen LogP contribution in [0.3, 0.4) is 0 Å². The highest BCUT2D eigenvalue weighted by Crippen LogP contribution is 2.25. The molecular formula is C14H15F4N. The van der Waals surface area contributed by atoms with E-state index in [4.69, 9.17) is 0 Å². The zero-order valence-electron chi connectivity index (χ0n) is 10.9. The first-order valence-corrected chi connectivity index (χ1v) is 5.65. The molecule has 19 heavy (non-hydrogen) atoms. The number of nitrogens with one attached hydrogen (secondary N) is 1. The Morgan fingerprint density at radius 1 is 1.21 bits per heavy atom. The molecule has 0 aliphatic rings. The van der Waals surface area contributed by atoms with Gasteiger partial charge in [-0.1, -0.05) is 6.08 Å². The Kier molecular flexibility index (Phi) is 4.75. The molecule has 0 fully saturated rings. The van der Waals surface area contributed by atoms with E-state index < -0.39 is 11.7 Å². The fourth-order valence-electron chi connectivity index (χ4n) is 1.54. The van der Waals surface area contributed by atoms with Gasteiger partial charge >= 0.3 is 6.18 Å². The summed E-state index contributed by atoms with van der Waals surface area (Å²) in [4.78, 5) is 0. The van der Waals surface area contributed by atoms with Crippen molar-refractivity contribution in [3.63, 3.8) is 0 Å². The summed E-state index contributed by atoms with van der Waals surface area (Å²) in [6.45, 7) is 2.70. The van der Waals surface area contributed by atoms with Crippen molar-refractivity contribution < 1.29 is 17.6 Å². The lowest BCUT2D eigenvalue weighted by Crippen LogP contribution is -2.09. The summed E-state index contributed by atoms with van der Waals surface area (Å²) < 4.78 is 50.1. The van der Waals surface area contributed by atoms with E-state index >= 15 is 0 Å². The lowest BCUT2D eigenvalue weighted by molar-refractivity contribution is -0.0912. The van der Waals surface area contributed by atoms with Crippen molar-refractivity contribution in [1.82, 2.24) is 5.32 Å². The number of alkyl halides is 3. The van der Waals surface area contributed by atoms with Crippen LogP contribution < -0.4 is 5.32 Å². The van der Waals surface area contributed by atoms with Crippen LogP contribution in [0.1, 0.15) is 18.1 Å². The lowest BCUT2D eigenvalue weighted by Gasteiger charge is -2.10. The summed E-state index contributed by atoms with van der Waals surface area (Å²) >= 11 is 0. The lowest BCUT2D eigenvalue weighted by atomic mass is 10.0. The van der Waals surface area contributed by atoms with Crippen molar-refractivity contribution in [3.05, 3.63) is 52.9 Å². The number of aryl methyl sites for hydroxylation is 1. The third-order valence-corrected chi connectivity index (χ3v) is 2.70. The number of rotatable bonds is 3. The molecule has 1 aromatic carbocycles. The monoisotopic (exact) mass is 273 g/mol. The first kappa shape index (κ1) is 15.3. The number of benzene rings is 1. The maximum Gasteiger partial charge on any atom is 0.412 e. The van der Waals surface area contributed by atoms with Gasteiger partial charge in [-0.2, -0.15) is 13.2 Å². The van der Waals surface area contributed by atoms with Crippen LogP contribution in [0.15, 0.2) is 35.9 Å². The Morgan fingerprint density at radius 3 is 2.32 bits per heavy atom. The molecular weight excluding hydrogens is 258 g/mol. The topological polar surface area (TPSA) is 12.0 Å². The Morgan fingerprint density at radius 2 is 1.84 bits per heavy atom. The Hall–Kier alpha value is -1.78. The highest BCUT2D eigenvalue weighted by Gasteiger charge is 2.29. The average molecular weight is 273 g/mol. The molecule has 0 amide bonds. The summed E-state index contributed by atoms with van der Waals surface area (Å²) in [5, 5.41) is 2.81. The average Bonchev–Trinajstić information content (AvgIpc) is 2.30. The smallest absolute Gasteiger partial charge is 0.388 e. The predicted molar refractivity (Wildman–Crippen MR) is 68.0 cm³/mol. The van der Waals surface area contributed by atoms with Crippen molar-refractivity contribution in [3.8, 4) is 0 Å². The van der Waals surface area contributed by atoms with Crippen molar-refractivity contribution >= 4 is 5.70 Å². The SMILES string of the molecule is CN/C(=C\C=C(/C)C(F)(F)F)c1ccc(F)cc1C. The molecule has 0 aromatic heterocycles. The number of halogens is 4. The molecule has 5 heteroatoms. The van der Waals surface area contributed by atoms with Gasteiger partial charge in [0, 0.05) is 23.9 Å². The highest BCUT2D eigenvalue weighted by molar-refractivity contribution is 5.68. The molecule has 0 radical (unpaired) electrons. The first-order chi connectivity index (χ1) is 8.75. The van der Waals surface area contributed by atoms with E-state index in [1.807, 2.05) is 0 Å². The number of allylic oxidation sites excluding steroid dienone is 3. The Balaban J connectivity index is 3.14. The second kappa shape index (κ2) is 5.91. The second-order valence-corrected chi connectivity index (χ2v) is 4.14. The predicted octanol–water partition coefficient (Wildman–Crippen LogP) is 4.20. The molecule has 0 saturated carbocycles. The van der Waals surface area contributed by atoms with E-state index in [0.717, 1.165) is 13.0 Å². The maximum atomic E-state index is 13.0. The minimum atomic E-state index is -4.34. The van der Waals surface area contributed by atoms with Crippen LogP contribution in [0.4, 0.5) is 17.6 Å². The van der Waals surface area contributed by atoms with E-state index in [0.29, 0.717) is 16.8 Å². The van der Waals surface area contributed by atoms with E-state index in [-0.39, 0.29) is 5.82 Å². The minimum absolute atomic E-state index is 0.376. The second-order valence-electron chi connectivity index (χ2n) is 4.14. The quantitative estimate of drug-likeness (QED) is 0.642. The maximum absolute atomic E-state index is 13.0. The third kappa shape index (κ3) is 4.12. The molecule has 1 aromatic rings. The largest absolute Gasteiger partial charge is 0.412 e. The first-order valence-electron chi connectivity index (χ1n) is 5.65. The fourth-order valence-corrected chi connectivity index (χ4v) is 1.54. The molecule has 0 spiro atoms. The molecule has 0 bridgehead atoms. The van der Waals surface area contributed by atoms with Crippen LogP contribution in [-0.2, 0) is 0 Å². The molecule has 0 unspecified atom stereocenters. The van der Waals surface area contributed by atoms with Crippen LogP contribution >= 0.6 is 0 Å². The normalized spacial score (nSPS) is 13.6. The third-order valence-electron chi connectivity index (χ3n) is 2.70. The molecule has 1 rings (SSSR count). The van der Waals surface area contributed by atoms with Gasteiger partial charge in [-0.3, -0.25) is 0 Å². The molecule has 0 saturated heterocycles. The summed E-state index contributed by atoms with van der Waals surface area (Å²) in [6, 6.07) is 4.14. The standard InChI is InChI=1S/C14H15F4N/c1-9-8-11(15)5-6-12(9)13(19-3)7-4-10(2)14(16,17)18/h4-8,19H,1-3H3/b10-4+,13-7-. The van der Waals surface area contributed by atoms with Gasteiger partial charge in [0.1, 0.15) is 5.82 Å². The van der Waals surface area contributed by atoms with Crippen molar-refractivity contribution in [2.45, 2.75) is 20.0 Å². The van der Waals surface area contributed by atoms with Crippen molar-refractivity contribution in [2.24, 2.45) is 0 Å². The van der Waals surface area contributed by atoms with Crippen LogP contribution in [0, 0.1) is 12.7 Å². The summed E-state index contributed by atoms with van der Waals surface area (Å²) in [5.41, 5.74) is 1.12. The van der Waals surface area contributed by atoms with E-state index in [2.05, 4.69) is 5.32 Å². The summed E-state index contributed by atoms with van der Waals surface area (Å²) in [5.74, 6) is -0.376. The molecule has 0 heterocycles. The van der Waals surface area contributed by atoms with Gasteiger partial charge in [0.15, 0.2) is 0 Å². The molecule has 0 aliphatic heterocycles. The zero-order valence-corrected chi connectivity index (χ0v) is 10.9. The van der Waals surface area contributed by atoms with Crippen LogP contribution in [-0.4, -0.2) is 13.2 Å². The molecule has 1 nitrogen and oxygen atoms in total. The Bertz CT molecular complexity index is 513. The van der Waals surface area contributed by atoms with Gasteiger partial charge in [-0.25, -0.2) is 4.39 Å². The highest BCUT2D eigenvalue weighted by atomic mass is 19.4. The van der Waals surface area contributed by atoms with Crippen molar-refractivity contribution in [2.75, 3.05) is 7.05 Å². The molecule has 1 N–H and O–H groups in total. The van der Waals surface area contributed by atoms with Gasteiger partial charge in [0.05, 0.1) is 0 Å². The van der Waals surface area contributed by atoms with Gasteiger partial charge in [0.25, 0.3) is 0 Å². The zero-order chi connectivity index (χ0) is 14.6. The van der Waals surface area contributed by atoms with Crippen LogP contribution in [0.2, 0.25) is 0 Å². The van der Waals surface area contributed by atoms with E-state index in [1.54, 1.807) is 14.0 Å². The number of hydrogen-bond acceptors (Lipinski definition) is 1. The fraction of sp³-hybridized carbons (Fsp3) is 0.286. The summed E-state index contributed by atoms with van der Waals surface area (Å²) in [7, 11) is 1.60. The minimum Gasteiger partial charge on any atom is -0.388 e. The number of hydrogen-bond donors (Lipinski definition) is 1. The molecule has 0 aliphatic carbocycles.